The average molecular weight is 659 g/mol. The van der Waals surface area contributed by atoms with Crippen LogP contribution in [-0.2, 0) is 0 Å². The first kappa shape index (κ1) is 31.1. The van der Waals surface area contributed by atoms with Crippen LogP contribution >= 0.6 is 0 Å². The first-order valence-electron chi connectivity index (χ1n) is 14.9. The van der Waals surface area contributed by atoms with Crippen molar-refractivity contribution in [2.75, 3.05) is 7.05 Å². The van der Waals surface area contributed by atoms with E-state index in [9.17, 15) is 17.6 Å². The molecule has 0 aliphatic carbocycles. The second-order valence-corrected chi connectivity index (χ2v) is 11.1. The van der Waals surface area contributed by atoms with Crippen molar-refractivity contribution in [3.05, 3.63) is 131 Å². The zero-order valence-corrected chi connectivity index (χ0v) is 25.8. The first-order chi connectivity index (χ1) is 23.6. The highest BCUT2D eigenvalue weighted by molar-refractivity contribution is 5.99. The van der Waals surface area contributed by atoms with Crippen molar-refractivity contribution in [2.24, 2.45) is 17.2 Å². The molecule has 12 heteroatoms. The highest BCUT2D eigenvalue weighted by Crippen LogP contribution is 2.33. The number of aromatic nitrogens is 4. The van der Waals surface area contributed by atoms with E-state index in [0.717, 1.165) is 0 Å². The fourth-order valence-electron chi connectivity index (χ4n) is 5.68. The summed E-state index contributed by atoms with van der Waals surface area (Å²) in [6, 6.07) is 22.7. The van der Waals surface area contributed by atoms with Gasteiger partial charge in [0, 0.05) is 29.3 Å². The molecule has 7 rings (SSSR count). The molecule has 0 amide bonds. The number of fused-ring (bicyclic) bond motifs is 2. The molecule has 2 aromatic heterocycles. The van der Waals surface area contributed by atoms with Crippen LogP contribution in [0.4, 0.5) is 17.6 Å². The van der Waals surface area contributed by atoms with Gasteiger partial charge in [0.25, 0.3) is 0 Å². The predicted molar refractivity (Wildman–Crippen MR) is 182 cm³/mol. The van der Waals surface area contributed by atoms with E-state index in [0.29, 0.717) is 50.2 Å². The third-order valence-electron chi connectivity index (χ3n) is 8.04. The number of halogens is 4. The first-order valence-corrected chi connectivity index (χ1v) is 14.9. The molecular formula is C37H26F4N8. The topological polar surface area (TPSA) is 142 Å². The van der Waals surface area contributed by atoms with Crippen molar-refractivity contribution >= 4 is 33.7 Å². The summed E-state index contributed by atoms with van der Waals surface area (Å²) < 4.78 is 56.1. The Hall–Kier alpha value is -6.56. The van der Waals surface area contributed by atoms with Crippen LogP contribution in [0.25, 0.3) is 78.7 Å². The van der Waals surface area contributed by atoms with Gasteiger partial charge in [-0.05, 0) is 97.1 Å². The zero-order chi connectivity index (χ0) is 34.4. The van der Waals surface area contributed by atoms with E-state index in [-0.39, 0.29) is 38.9 Å². The fourth-order valence-corrected chi connectivity index (χ4v) is 5.68. The van der Waals surface area contributed by atoms with Gasteiger partial charge in [-0.3, -0.25) is 0 Å². The number of hydrogen-bond donors (Lipinski definition) is 4. The zero-order valence-electron chi connectivity index (χ0n) is 25.8. The van der Waals surface area contributed by atoms with E-state index in [1.165, 1.54) is 48.5 Å². The Morgan fingerprint density at radius 2 is 0.673 bits per heavy atom. The van der Waals surface area contributed by atoms with Crippen molar-refractivity contribution < 1.29 is 17.6 Å². The van der Waals surface area contributed by atoms with Gasteiger partial charge < -0.3 is 22.5 Å². The summed E-state index contributed by atoms with van der Waals surface area (Å²) in [7, 11) is 1.62. The Labute approximate surface area is 276 Å². The highest BCUT2D eigenvalue weighted by Gasteiger charge is 2.23. The molecule has 0 saturated carbocycles. The normalized spacial score (nSPS) is 11.2. The maximum absolute atomic E-state index is 14.0. The van der Waals surface area contributed by atoms with Crippen molar-refractivity contribution in [1.29, 1.82) is 0 Å². The molecule has 0 aliphatic rings. The Morgan fingerprint density at radius 3 is 0.898 bits per heavy atom. The summed E-state index contributed by atoms with van der Waals surface area (Å²) >= 11 is 0. The minimum atomic E-state index is -0.453. The molecular weight excluding hydrogens is 632 g/mol. The van der Waals surface area contributed by atoms with Gasteiger partial charge in [0.1, 0.15) is 57.0 Å². The Bertz CT molecular complexity index is 2360. The van der Waals surface area contributed by atoms with Gasteiger partial charge in [-0.2, -0.15) is 0 Å². The smallest absolute Gasteiger partial charge is 0.123 e. The van der Waals surface area contributed by atoms with Gasteiger partial charge in [0.2, 0.25) is 0 Å². The lowest BCUT2D eigenvalue weighted by Crippen LogP contribution is -2.32. The average Bonchev–Trinajstić information content (AvgIpc) is 3.10. The monoisotopic (exact) mass is 658 g/mol. The van der Waals surface area contributed by atoms with Crippen LogP contribution < -0.4 is 33.0 Å². The number of nitrogens with two attached hydrogens (primary N) is 3. The predicted octanol–water partition coefficient (Wildman–Crippen LogP) is 5.02. The van der Waals surface area contributed by atoms with Crippen molar-refractivity contribution in [1.82, 2.24) is 25.3 Å². The molecule has 0 fully saturated rings. The lowest BCUT2D eigenvalue weighted by Gasteiger charge is -2.16. The molecule has 242 valence electrons. The van der Waals surface area contributed by atoms with Crippen LogP contribution in [-0.4, -0.2) is 27.0 Å². The van der Waals surface area contributed by atoms with E-state index < -0.39 is 23.3 Å². The van der Waals surface area contributed by atoms with Gasteiger partial charge in [0.05, 0.1) is 33.2 Å². The van der Waals surface area contributed by atoms with E-state index >= 15 is 0 Å². The van der Waals surface area contributed by atoms with E-state index in [2.05, 4.69) is 5.32 Å². The SMILES string of the molecule is CNC(N)=c1c2nc(-c3ccc(F)cc3)c(-c3ccc(F)cc3)nc2c(=C(N)N)c2nc(-c3ccc(F)cc3)c(-c3ccc(F)cc3)nc12. The van der Waals surface area contributed by atoms with Gasteiger partial charge >= 0.3 is 0 Å². The molecule has 0 atom stereocenters. The van der Waals surface area contributed by atoms with Crippen molar-refractivity contribution in [3.63, 3.8) is 0 Å². The molecule has 0 spiro atoms. The van der Waals surface area contributed by atoms with Crippen LogP contribution in [0, 0.1) is 23.3 Å². The van der Waals surface area contributed by atoms with E-state index in [1.54, 1.807) is 55.6 Å². The van der Waals surface area contributed by atoms with Crippen LogP contribution in [0.2, 0.25) is 0 Å². The van der Waals surface area contributed by atoms with E-state index in [4.69, 9.17) is 37.1 Å². The highest BCUT2D eigenvalue weighted by atomic mass is 19.1. The molecule has 49 heavy (non-hydrogen) atoms. The summed E-state index contributed by atoms with van der Waals surface area (Å²) in [5.74, 6) is -1.81. The molecule has 2 heterocycles. The number of hydrogen-bond acceptors (Lipinski definition) is 8. The number of benzene rings is 5. The van der Waals surface area contributed by atoms with Crippen molar-refractivity contribution in [3.8, 4) is 45.0 Å². The summed E-state index contributed by atoms with van der Waals surface area (Å²) in [4.78, 5) is 20.1. The van der Waals surface area contributed by atoms with Gasteiger partial charge in [-0.1, -0.05) is 0 Å². The molecule has 0 bridgehead atoms. The van der Waals surface area contributed by atoms with Gasteiger partial charge in [-0.25, -0.2) is 37.5 Å². The lowest BCUT2D eigenvalue weighted by molar-refractivity contribution is 0.627. The molecule has 0 unspecified atom stereocenters. The molecule has 7 N–H and O–H groups in total. The number of nitrogens with one attached hydrogen (secondary N) is 1. The number of nitrogens with zero attached hydrogens (tertiary/aromatic N) is 4. The molecule has 8 nitrogen and oxygen atoms in total. The Kier molecular flexibility index (Phi) is 7.75. The molecule has 7 aromatic rings. The second kappa shape index (κ2) is 12.2. The fraction of sp³-hybridized carbons (Fsp3) is 0.0270. The molecule has 0 radical (unpaired) electrons. The molecule has 0 saturated heterocycles. The van der Waals surface area contributed by atoms with Gasteiger partial charge in [-0.15, -0.1) is 0 Å². The van der Waals surface area contributed by atoms with Crippen LogP contribution in [0.15, 0.2) is 97.1 Å². The quantitative estimate of drug-likeness (QED) is 0.149. The van der Waals surface area contributed by atoms with E-state index in [1.807, 2.05) is 0 Å². The summed E-state index contributed by atoms with van der Waals surface area (Å²) in [5, 5.41) is 3.46. The van der Waals surface area contributed by atoms with Crippen LogP contribution in [0.3, 0.4) is 0 Å². The van der Waals surface area contributed by atoms with Crippen LogP contribution in [0.1, 0.15) is 0 Å². The third-order valence-corrected chi connectivity index (χ3v) is 8.04. The second-order valence-electron chi connectivity index (χ2n) is 11.1. The van der Waals surface area contributed by atoms with Crippen molar-refractivity contribution in [2.45, 2.75) is 0 Å². The maximum Gasteiger partial charge on any atom is 0.123 e. The Morgan fingerprint density at radius 1 is 0.429 bits per heavy atom. The summed E-state index contributed by atoms with van der Waals surface area (Å²) in [6.45, 7) is 0. The number of rotatable bonds is 5. The summed E-state index contributed by atoms with van der Waals surface area (Å²) in [6.07, 6.45) is 0. The largest absolute Gasteiger partial charge is 0.385 e. The standard InChI is InChI=1S/C37H26F4N8/c1-45-37(44)27-34-32(46-28(18-2-10-22(38)11-3-18)30(48-34)20-6-14-24(40)15-7-20)26(36(42)43)33-35(27)49-31(21-8-16-25(41)17-9-21)29(47-33)19-4-12-23(39)13-5-19/h2-17,45H,42-44H2,1H3. The molecule has 0 aliphatic heterocycles. The molecule has 5 aromatic carbocycles. The minimum Gasteiger partial charge on any atom is -0.385 e. The van der Waals surface area contributed by atoms with Crippen LogP contribution in [0.5, 0.6) is 0 Å². The summed E-state index contributed by atoms with van der Waals surface area (Å²) in [5.41, 5.74) is 23.6. The lowest BCUT2D eigenvalue weighted by atomic mass is 10.0. The maximum atomic E-state index is 14.0. The minimum absolute atomic E-state index is 0.153. The Balaban J connectivity index is 1.71. The van der Waals surface area contributed by atoms with Gasteiger partial charge in [0.15, 0.2) is 0 Å². The third kappa shape index (κ3) is 5.58.